The van der Waals surface area contributed by atoms with E-state index in [-0.39, 0.29) is 0 Å². The van der Waals surface area contributed by atoms with E-state index in [4.69, 9.17) is 0 Å². The average molecular weight is 192 g/mol. The second kappa shape index (κ2) is 4.16. The summed E-state index contributed by atoms with van der Waals surface area (Å²) in [6.07, 6.45) is 8.52. The van der Waals surface area contributed by atoms with Gasteiger partial charge in [0.05, 0.1) is 6.20 Å². The highest BCUT2D eigenvalue weighted by atomic mass is 15.1. The number of rotatable bonds is 3. The van der Waals surface area contributed by atoms with Crippen LogP contribution in [0.3, 0.4) is 0 Å². The van der Waals surface area contributed by atoms with Crippen molar-refractivity contribution >= 4 is 0 Å². The van der Waals surface area contributed by atoms with Crippen molar-refractivity contribution in [1.82, 2.24) is 10.2 Å². The normalized spacial score (nSPS) is 26.1. The summed E-state index contributed by atoms with van der Waals surface area (Å²) in [6, 6.07) is 0. The number of fused-ring (bicyclic) bond motifs is 1. The highest BCUT2D eigenvalue weighted by Gasteiger charge is 2.25. The molecule has 0 bridgehead atoms. The minimum Gasteiger partial charge on any atom is -0.282 e. The van der Waals surface area contributed by atoms with Gasteiger partial charge in [-0.2, -0.15) is 5.10 Å². The molecule has 2 atom stereocenters. The molecule has 1 heterocycles. The molecular weight excluding hydrogens is 172 g/mol. The minimum absolute atomic E-state index is 0.839. The van der Waals surface area contributed by atoms with Crippen molar-refractivity contribution in [2.24, 2.45) is 11.8 Å². The number of nitrogens with zero attached hydrogens (tertiary/aromatic N) is 1. The molecular formula is C12H20N2. The van der Waals surface area contributed by atoms with Gasteiger partial charge in [-0.05, 0) is 36.7 Å². The van der Waals surface area contributed by atoms with Gasteiger partial charge in [-0.25, -0.2) is 0 Å². The number of nitrogens with one attached hydrogen (secondary N) is 1. The zero-order valence-electron chi connectivity index (χ0n) is 9.21. The van der Waals surface area contributed by atoms with E-state index in [1.165, 1.54) is 43.4 Å². The van der Waals surface area contributed by atoms with Gasteiger partial charge in [0.2, 0.25) is 0 Å². The summed E-state index contributed by atoms with van der Waals surface area (Å²) >= 11 is 0. The largest absolute Gasteiger partial charge is 0.282 e. The second-order valence-corrected chi connectivity index (χ2v) is 4.66. The third kappa shape index (κ3) is 1.84. The minimum atomic E-state index is 0.839. The molecule has 0 amide bonds. The topological polar surface area (TPSA) is 28.7 Å². The molecule has 0 radical (unpaired) electrons. The maximum absolute atomic E-state index is 4.13. The number of aromatic nitrogens is 2. The van der Waals surface area contributed by atoms with E-state index in [0.717, 1.165) is 11.8 Å². The Balaban J connectivity index is 2.02. The van der Waals surface area contributed by atoms with Crippen molar-refractivity contribution in [2.75, 3.05) is 0 Å². The number of hydrogen-bond donors (Lipinski definition) is 1. The fourth-order valence-corrected chi connectivity index (χ4v) is 2.52. The lowest BCUT2D eigenvalue weighted by Gasteiger charge is -2.28. The van der Waals surface area contributed by atoms with Crippen molar-refractivity contribution in [2.45, 2.75) is 46.0 Å². The molecule has 1 aromatic heterocycles. The predicted octanol–water partition coefficient (Wildman–Crippen LogP) is 2.95. The van der Waals surface area contributed by atoms with E-state index in [9.17, 15) is 0 Å². The third-order valence-corrected chi connectivity index (χ3v) is 3.55. The molecule has 0 aliphatic heterocycles. The summed E-state index contributed by atoms with van der Waals surface area (Å²) < 4.78 is 0. The lowest BCUT2D eigenvalue weighted by Crippen LogP contribution is -2.22. The summed E-state index contributed by atoms with van der Waals surface area (Å²) in [5.41, 5.74) is 2.84. The summed E-state index contributed by atoms with van der Waals surface area (Å²) in [4.78, 5) is 0. The van der Waals surface area contributed by atoms with Crippen LogP contribution in [0.2, 0.25) is 0 Å². The zero-order valence-corrected chi connectivity index (χ0v) is 9.21. The molecule has 78 valence electrons. The fraction of sp³-hybridized carbons (Fsp3) is 0.750. The van der Waals surface area contributed by atoms with Crippen LogP contribution < -0.4 is 0 Å². The standard InChI is InChI=1S/C12H20N2/c1-3-4-5-10-7-12-11(6-9(10)2)8-13-14-12/h8-10H,3-7H2,1-2H3,(H,13,14)/t9-,10?/m1/s1. The highest BCUT2D eigenvalue weighted by Crippen LogP contribution is 2.31. The average Bonchev–Trinajstić information content (AvgIpc) is 2.61. The maximum atomic E-state index is 4.13. The van der Waals surface area contributed by atoms with Crippen molar-refractivity contribution in [3.8, 4) is 0 Å². The van der Waals surface area contributed by atoms with Crippen LogP contribution in [-0.2, 0) is 12.8 Å². The summed E-state index contributed by atoms with van der Waals surface area (Å²) in [6.45, 7) is 4.66. The zero-order chi connectivity index (χ0) is 9.97. The third-order valence-electron chi connectivity index (χ3n) is 3.55. The smallest absolute Gasteiger partial charge is 0.0522 e. The van der Waals surface area contributed by atoms with Gasteiger partial charge in [0, 0.05) is 5.69 Å². The number of hydrogen-bond acceptors (Lipinski definition) is 1. The van der Waals surface area contributed by atoms with E-state index >= 15 is 0 Å². The van der Waals surface area contributed by atoms with Gasteiger partial charge in [-0.3, -0.25) is 5.10 Å². The van der Waals surface area contributed by atoms with Crippen molar-refractivity contribution in [1.29, 1.82) is 0 Å². The van der Waals surface area contributed by atoms with Gasteiger partial charge in [0.25, 0.3) is 0 Å². The van der Waals surface area contributed by atoms with E-state index in [0.29, 0.717) is 0 Å². The van der Waals surface area contributed by atoms with Gasteiger partial charge in [0.15, 0.2) is 0 Å². The van der Waals surface area contributed by atoms with Crippen LogP contribution in [0.5, 0.6) is 0 Å². The molecule has 0 aromatic carbocycles. The van der Waals surface area contributed by atoms with Crippen LogP contribution in [0.25, 0.3) is 0 Å². The van der Waals surface area contributed by atoms with Crippen LogP contribution in [-0.4, -0.2) is 10.2 Å². The Morgan fingerprint density at radius 1 is 1.50 bits per heavy atom. The van der Waals surface area contributed by atoms with Gasteiger partial charge in [0.1, 0.15) is 0 Å². The van der Waals surface area contributed by atoms with Crippen molar-refractivity contribution in [3.05, 3.63) is 17.5 Å². The van der Waals surface area contributed by atoms with E-state index in [1.807, 2.05) is 6.20 Å². The molecule has 1 N–H and O–H groups in total. The Hall–Kier alpha value is -0.790. The Morgan fingerprint density at radius 3 is 3.14 bits per heavy atom. The maximum Gasteiger partial charge on any atom is 0.0522 e. The SMILES string of the molecule is CCCCC1Cc2[nH]ncc2C[C@H]1C. The predicted molar refractivity (Wildman–Crippen MR) is 58.2 cm³/mol. The van der Waals surface area contributed by atoms with Crippen LogP contribution >= 0.6 is 0 Å². The molecule has 1 aromatic rings. The van der Waals surface area contributed by atoms with Crippen molar-refractivity contribution < 1.29 is 0 Å². The second-order valence-electron chi connectivity index (χ2n) is 4.66. The van der Waals surface area contributed by atoms with Crippen LogP contribution in [0.4, 0.5) is 0 Å². The van der Waals surface area contributed by atoms with Gasteiger partial charge < -0.3 is 0 Å². The van der Waals surface area contributed by atoms with Crippen LogP contribution in [0.1, 0.15) is 44.4 Å². The Labute approximate surface area is 86.1 Å². The number of aromatic amines is 1. The molecule has 0 saturated carbocycles. The lowest BCUT2D eigenvalue weighted by molar-refractivity contribution is 0.303. The van der Waals surface area contributed by atoms with Crippen LogP contribution in [0, 0.1) is 11.8 Å². The molecule has 1 unspecified atom stereocenters. The first-order chi connectivity index (χ1) is 6.81. The molecule has 0 saturated heterocycles. The number of unbranched alkanes of at least 4 members (excludes halogenated alkanes) is 1. The molecule has 0 spiro atoms. The van der Waals surface area contributed by atoms with Gasteiger partial charge in [-0.15, -0.1) is 0 Å². The molecule has 0 fully saturated rings. The van der Waals surface area contributed by atoms with E-state index in [1.54, 1.807) is 0 Å². The monoisotopic (exact) mass is 192 g/mol. The first-order valence-electron chi connectivity index (χ1n) is 5.82. The quantitative estimate of drug-likeness (QED) is 0.783. The molecule has 1 aliphatic rings. The molecule has 2 heteroatoms. The lowest BCUT2D eigenvalue weighted by atomic mass is 9.77. The van der Waals surface area contributed by atoms with E-state index < -0.39 is 0 Å². The van der Waals surface area contributed by atoms with Crippen molar-refractivity contribution in [3.63, 3.8) is 0 Å². The first kappa shape index (κ1) is 9.75. The molecule has 2 nitrogen and oxygen atoms in total. The Kier molecular flexibility index (Phi) is 2.90. The van der Waals surface area contributed by atoms with Gasteiger partial charge >= 0.3 is 0 Å². The first-order valence-corrected chi connectivity index (χ1v) is 5.82. The van der Waals surface area contributed by atoms with Crippen LogP contribution in [0.15, 0.2) is 6.20 Å². The Morgan fingerprint density at radius 2 is 2.36 bits per heavy atom. The summed E-state index contributed by atoms with van der Waals surface area (Å²) in [5, 5.41) is 7.26. The summed E-state index contributed by atoms with van der Waals surface area (Å²) in [5.74, 6) is 1.72. The fourth-order valence-electron chi connectivity index (χ4n) is 2.52. The van der Waals surface area contributed by atoms with Gasteiger partial charge in [-0.1, -0.05) is 26.7 Å². The molecule has 2 rings (SSSR count). The Bertz CT molecular complexity index is 290. The number of H-pyrrole nitrogens is 1. The highest BCUT2D eigenvalue weighted by molar-refractivity contribution is 5.20. The molecule has 14 heavy (non-hydrogen) atoms. The van der Waals surface area contributed by atoms with E-state index in [2.05, 4.69) is 24.0 Å². The molecule has 1 aliphatic carbocycles. The summed E-state index contributed by atoms with van der Waals surface area (Å²) in [7, 11) is 0.